The molecule has 0 atom stereocenters. The Kier molecular flexibility index (Phi) is 11.1. The van der Waals surface area contributed by atoms with Crippen molar-refractivity contribution in [1.82, 2.24) is 4.98 Å². The average Bonchev–Trinajstić information content (AvgIpc) is 2.05. The molecule has 0 saturated carbocycles. The molecule has 12 heavy (non-hydrogen) atoms. The van der Waals surface area contributed by atoms with E-state index in [4.69, 9.17) is 4.74 Å². The summed E-state index contributed by atoms with van der Waals surface area (Å²) >= 11 is 0. The van der Waals surface area contributed by atoms with Crippen molar-refractivity contribution in [2.45, 2.75) is 13.3 Å². The van der Waals surface area contributed by atoms with Gasteiger partial charge in [0, 0.05) is 5.69 Å². The molecule has 1 aromatic heterocycles. The molecule has 62 valence electrons. The topological polar surface area (TPSA) is 22.1 Å². The zero-order valence-electron chi connectivity index (χ0n) is 8.29. The predicted molar refractivity (Wildman–Crippen MR) is 46.6 cm³/mol. The van der Waals surface area contributed by atoms with Gasteiger partial charge in [0.05, 0.1) is 13.3 Å². The van der Waals surface area contributed by atoms with Gasteiger partial charge in [0.1, 0.15) is 5.75 Å². The third kappa shape index (κ3) is 4.89. The van der Waals surface area contributed by atoms with E-state index in [-0.39, 0.29) is 76.3 Å². The van der Waals surface area contributed by atoms with Gasteiger partial charge in [0.15, 0.2) is 0 Å². The third-order valence-electron chi connectivity index (χ3n) is 1.40. The molecule has 0 aliphatic rings. The maximum atomic E-state index is 4.95. The molecule has 0 radical (unpaired) electrons. The van der Waals surface area contributed by atoms with E-state index in [9.17, 15) is 0 Å². The molecule has 2 nitrogen and oxygen atoms in total. The summed E-state index contributed by atoms with van der Waals surface area (Å²) in [5, 5.41) is 0. The number of rotatable bonds is 2. The van der Waals surface area contributed by atoms with Gasteiger partial charge in [0.2, 0.25) is 0 Å². The first-order chi connectivity index (χ1) is 4.86. The number of pyridine rings is 1. The molecule has 1 aromatic rings. The molecule has 0 bridgehead atoms. The second-order valence-corrected chi connectivity index (χ2v) is 2.04. The van der Waals surface area contributed by atoms with Crippen LogP contribution in [0.3, 0.4) is 0 Å². The molecule has 0 fully saturated rings. The molecule has 0 spiro atoms. The molecule has 0 aromatic carbocycles. The number of hydrogen-bond acceptors (Lipinski definition) is 2. The van der Waals surface area contributed by atoms with E-state index in [0.29, 0.717) is 0 Å². The minimum atomic E-state index is 0. The van der Waals surface area contributed by atoms with Crippen molar-refractivity contribution in [3.63, 3.8) is 0 Å². The number of aryl methyl sites for hydroxylation is 1. The van der Waals surface area contributed by atoms with Crippen LogP contribution in [0, 0.1) is 7.43 Å². The smallest absolute Gasteiger partial charge is 0.495 e. The Labute approximate surface area is 134 Å². The molecule has 1 heterocycles. The van der Waals surface area contributed by atoms with E-state index in [0.717, 1.165) is 17.9 Å². The fourth-order valence-corrected chi connectivity index (χ4v) is 0.741. The van der Waals surface area contributed by atoms with Crippen LogP contribution in [0.25, 0.3) is 0 Å². The summed E-state index contributed by atoms with van der Waals surface area (Å²) in [5.41, 5.74) is 1.10. The van der Waals surface area contributed by atoms with E-state index in [1.54, 1.807) is 13.3 Å². The number of nitrogens with zero attached hydrogens (tertiary/aromatic N) is 1. The Morgan fingerprint density at radius 1 is 1.42 bits per heavy atom. The molecule has 3 heteroatoms. The molecule has 0 N–H and O–H groups in total. The number of ether oxygens (including phenoxy) is 1. The second-order valence-electron chi connectivity index (χ2n) is 2.04. The summed E-state index contributed by atoms with van der Waals surface area (Å²) in [6.07, 6.45) is 2.71. The zero-order chi connectivity index (χ0) is 7.40. The van der Waals surface area contributed by atoms with Crippen molar-refractivity contribution in [3.8, 4) is 5.75 Å². The first-order valence-corrected chi connectivity index (χ1v) is 3.35. The standard InChI is InChI=1S/C8H11NO.CH3.Cs/c1-3-7-4-5-8(10-2)6-9-7;;/h4-6H,3H2,1-2H3;1H3;/q;-1;+1. The van der Waals surface area contributed by atoms with Crippen LogP contribution in [0.15, 0.2) is 18.3 Å². The predicted octanol–water partition coefficient (Wildman–Crippen LogP) is -0.893. The van der Waals surface area contributed by atoms with E-state index < -0.39 is 0 Å². The van der Waals surface area contributed by atoms with Gasteiger partial charge in [-0.15, -0.1) is 0 Å². The first kappa shape index (κ1) is 15.5. The van der Waals surface area contributed by atoms with E-state index >= 15 is 0 Å². The molecular formula is C9H14CsNO. The minimum absolute atomic E-state index is 0. The van der Waals surface area contributed by atoms with Gasteiger partial charge in [-0.2, -0.15) is 0 Å². The maximum absolute atomic E-state index is 4.95. The van der Waals surface area contributed by atoms with Crippen molar-refractivity contribution in [2.24, 2.45) is 0 Å². The molecule has 0 aliphatic heterocycles. The largest absolute Gasteiger partial charge is 1.00 e. The van der Waals surface area contributed by atoms with E-state index in [2.05, 4.69) is 11.9 Å². The number of aromatic nitrogens is 1. The summed E-state index contributed by atoms with van der Waals surface area (Å²) in [7, 11) is 1.64. The molecule has 0 saturated heterocycles. The van der Waals surface area contributed by atoms with Crippen molar-refractivity contribution in [1.29, 1.82) is 0 Å². The maximum Gasteiger partial charge on any atom is 1.00 e. The van der Waals surface area contributed by atoms with Crippen LogP contribution in [0.5, 0.6) is 5.75 Å². The van der Waals surface area contributed by atoms with Crippen molar-refractivity contribution < 1.29 is 73.6 Å². The Bertz CT molecular complexity index is 175. The Balaban J connectivity index is 0. The van der Waals surface area contributed by atoms with Crippen molar-refractivity contribution >= 4 is 0 Å². The molecular weight excluding hydrogens is 271 g/mol. The van der Waals surface area contributed by atoms with Gasteiger partial charge < -0.3 is 12.2 Å². The average molecular weight is 285 g/mol. The fourth-order valence-electron chi connectivity index (χ4n) is 0.741. The normalized spacial score (nSPS) is 7.83. The van der Waals surface area contributed by atoms with Crippen LogP contribution in [-0.2, 0) is 6.42 Å². The van der Waals surface area contributed by atoms with Gasteiger partial charge in [0.25, 0.3) is 0 Å². The third-order valence-corrected chi connectivity index (χ3v) is 1.40. The Morgan fingerprint density at radius 2 is 2.08 bits per heavy atom. The summed E-state index contributed by atoms with van der Waals surface area (Å²) in [6.45, 7) is 2.08. The number of methoxy groups -OCH3 is 1. The van der Waals surface area contributed by atoms with Gasteiger partial charge >= 0.3 is 68.9 Å². The van der Waals surface area contributed by atoms with Crippen molar-refractivity contribution in [2.75, 3.05) is 7.11 Å². The summed E-state index contributed by atoms with van der Waals surface area (Å²) in [4.78, 5) is 4.14. The van der Waals surface area contributed by atoms with E-state index in [1.807, 2.05) is 12.1 Å². The van der Waals surface area contributed by atoms with Crippen LogP contribution < -0.4 is 73.6 Å². The summed E-state index contributed by atoms with van der Waals surface area (Å²) in [5.74, 6) is 0.817. The summed E-state index contributed by atoms with van der Waals surface area (Å²) < 4.78 is 4.95. The summed E-state index contributed by atoms with van der Waals surface area (Å²) in [6, 6.07) is 3.89. The van der Waals surface area contributed by atoms with Gasteiger partial charge in [-0.05, 0) is 18.6 Å². The van der Waals surface area contributed by atoms with Gasteiger partial charge in [-0.3, -0.25) is 4.98 Å². The van der Waals surface area contributed by atoms with Gasteiger partial charge in [-0.1, -0.05) is 6.92 Å². The molecule has 0 aliphatic carbocycles. The molecule has 0 unspecified atom stereocenters. The number of hydrogen-bond donors (Lipinski definition) is 0. The SMILES string of the molecule is CCc1ccc(OC)cn1.[CH3-].[Cs+]. The first-order valence-electron chi connectivity index (χ1n) is 3.35. The monoisotopic (exact) mass is 285 g/mol. The Hall–Kier alpha value is 1.00. The van der Waals surface area contributed by atoms with Crippen molar-refractivity contribution in [3.05, 3.63) is 31.5 Å². The van der Waals surface area contributed by atoms with Crippen LogP contribution >= 0.6 is 0 Å². The second kappa shape index (κ2) is 8.59. The minimum Gasteiger partial charge on any atom is -0.495 e. The van der Waals surface area contributed by atoms with E-state index in [1.165, 1.54) is 0 Å². The zero-order valence-corrected chi connectivity index (χ0v) is 14.6. The Morgan fingerprint density at radius 3 is 2.42 bits per heavy atom. The fraction of sp³-hybridized carbons (Fsp3) is 0.333. The molecule has 1 rings (SSSR count). The van der Waals surface area contributed by atoms with Crippen LogP contribution in [0.1, 0.15) is 12.6 Å². The molecule has 0 amide bonds. The quantitative estimate of drug-likeness (QED) is 0.658. The van der Waals surface area contributed by atoms with Crippen LogP contribution in [-0.4, -0.2) is 12.1 Å². The van der Waals surface area contributed by atoms with Crippen LogP contribution in [0.2, 0.25) is 0 Å². The van der Waals surface area contributed by atoms with Gasteiger partial charge in [-0.25, -0.2) is 0 Å². The van der Waals surface area contributed by atoms with Crippen LogP contribution in [0.4, 0.5) is 0 Å².